The Morgan fingerprint density at radius 1 is 1.11 bits per heavy atom. The minimum atomic E-state index is 0.849. The number of rotatable bonds is 10. The van der Waals surface area contributed by atoms with Gasteiger partial charge in [0.1, 0.15) is 0 Å². The summed E-state index contributed by atoms with van der Waals surface area (Å²) < 4.78 is 0. The maximum Gasteiger partial charge on any atom is 0.0136 e. The van der Waals surface area contributed by atoms with E-state index in [-0.39, 0.29) is 0 Å². The van der Waals surface area contributed by atoms with Gasteiger partial charge in [0, 0.05) is 6.04 Å². The van der Waals surface area contributed by atoms with Crippen molar-refractivity contribution < 1.29 is 0 Å². The third kappa shape index (κ3) is 5.25. The molecule has 0 bridgehead atoms. The van der Waals surface area contributed by atoms with E-state index < -0.39 is 0 Å². The third-order valence-corrected chi connectivity index (χ3v) is 4.14. The van der Waals surface area contributed by atoms with Gasteiger partial charge < -0.3 is 15.1 Å². The molecule has 1 fully saturated rings. The molecule has 0 heterocycles. The summed E-state index contributed by atoms with van der Waals surface area (Å²) in [5, 5.41) is 3.59. The van der Waals surface area contributed by atoms with Crippen LogP contribution in [0.5, 0.6) is 0 Å². The molecule has 0 aromatic heterocycles. The minimum Gasteiger partial charge on any atom is -0.316 e. The lowest BCUT2D eigenvalue weighted by molar-refractivity contribution is 0.0636. The minimum absolute atomic E-state index is 0.849. The van der Waals surface area contributed by atoms with Crippen LogP contribution in [0.25, 0.3) is 0 Å². The van der Waals surface area contributed by atoms with E-state index in [0.29, 0.717) is 0 Å². The van der Waals surface area contributed by atoms with E-state index in [1.54, 1.807) is 0 Å². The summed E-state index contributed by atoms with van der Waals surface area (Å²) in [6.07, 6.45) is 5.38. The summed E-state index contributed by atoms with van der Waals surface area (Å²) in [6, 6.07) is 0.849. The van der Waals surface area contributed by atoms with Gasteiger partial charge in [-0.3, -0.25) is 0 Å². The fraction of sp³-hybridized carbons (Fsp3) is 1.00. The number of hydrogen-bond acceptors (Lipinski definition) is 3. The summed E-state index contributed by atoms with van der Waals surface area (Å²) >= 11 is 0. The fourth-order valence-electron chi connectivity index (χ4n) is 2.88. The van der Waals surface area contributed by atoms with Gasteiger partial charge in [-0.1, -0.05) is 13.8 Å². The maximum atomic E-state index is 3.59. The molecule has 1 aliphatic carbocycles. The fourth-order valence-corrected chi connectivity index (χ4v) is 2.88. The first-order chi connectivity index (χ1) is 8.69. The quantitative estimate of drug-likeness (QED) is 0.603. The lowest BCUT2D eigenvalue weighted by atomic mass is 9.78. The van der Waals surface area contributed by atoms with Crippen LogP contribution >= 0.6 is 0 Å². The van der Waals surface area contributed by atoms with Crippen LogP contribution in [0.15, 0.2) is 0 Å². The summed E-state index contributed by atoms with van der Waals surface area (Å²) in [5.41, 5.74) is 0. The van der Waals surface area contributed by atoms with Gasteiger partial charge in [0.2, 0.25) is 0 Å². The van der Waals surface area contributed by atoms with Crippen molar-refractivity contribution in [1.82, 2.24) is 15.1 Å². The molecular weight excluding hydrogens is 222 g/mol. The molecule has 1 saturated carbocycles. The third-order valence-electron chi connectivity index (χ3n) is 4.14. The Kier molecular flexibility index (Phi) is 7.87. The van der Waals surface area contributed by atoms with E-state index >= 15 is 0 Å². The van der Waals surface area contributed by atoms with Crippen LogP contribution in [0.2, 0.25) is 0 Å². The Balaban J connectivity index is 2.22. The highest BCUT2D eigenvalue weighted by Gasteiger charge is 2.33. The molecule has 2 atom stereocenters. The van der Waals surface area contributed by atoms with Crippen molar-refractivity contribution in [3.05, 3.63) is 0 Å². The van der Waals surface area contributed by atoms with Gasteiger partial charge in [-0.05, 0) is 78.4 Å². The highest BCUT2D eigenvalue weighted by Crippen LogP contribution is 2.31. The van der Waals surface area contributed by atoms with Gasteiger partial charge in [0.15, 0.2) is 0 Å². The molecule has 1 N–H and O–H groups in total. The summed E-state index contributed by atoms with van der Waals surface area (Å²) in [7, 11) is 4.33. The van der Waals surface area contributed by atoms with E-state index in [1.165, 1.54) is 58.4 Å². The number of hydrogen-bond donors (Lipinski definition) is 1. The van der Waals surface area contributed by atoms with Gasteiger partial charge in [0.25, 0.3) is 0 Å². The predicted molar refractivity (Wildman–Crippen MR) is 80.1 cm³/mol. The molecule has 2 unspecified atom stereocenters. The molecule has 18 heavy (non-hydrogen) atoms. The average Bonchev–Trinajstić information content (AvgIpc) is 2.31. The lowest BCUT2D eigenvalue weighted by Crippen LogP contribution is -2.51. The molecular formula is C15H33N3. The van der Waals surface area contributed by atoms with Crippen LogP contribution in [-0.2, 0) is 0 Å². The van der Waals surface area contributed by atoms with Crippen molar-refractivity contribution in [2.45, 2.75) is 45.6 Å². The van der Waals surface area contributed by atoms with Crippen LogP contribution in [0.4, 0.5) is 0 Å². The standard InChI is InChI=1S/C15H33N3/c1-5-10-16-13-14-8-9-15(14)18(6-2)12-7-11-17(3)4/h14-16H,5-13H2,1-4H3. The van der Waals surface area contributed by atoms with Crippen molar-refractivity contribution in [3.8, 4) is 0 Å². The van der Waals surface area contributed by atoms with Crippen LogP contribution < -0.4 is 5.32 Å². The van der Waals surface area contributed by atoms with Crippen LogP contribution in [0.3, 0.4) is 0 Å². The van der Waals surface area contributed by atoms with E-state index in [9.17, 15) is 0 Å². The zero-order chi connectivity index (χ0) is 13.4. The van der Waals surface area contributed by atoms with E-state index in [4.69, 9.17) is 0 Å². The SMILES string of the molecule is CCCNCC1CCC1N(CC)CCCN(C)C. The molecule has 0 aromatic rings. The normalized spacial score (nSPS) is 23.7. The first-order valence-electron chi connectivity index (χ1n) is 7.78. The van der Waals surface area contributed by atoms with Gasteiger partial charge >= 0.3 is 0 Å². The molecule has 3 heteroatoms. The zero-order valence-corrected chi connectivity index (χ0v) is 12.9. The van der Waals surface area contributed by atoms with Gasteiger partial charge in [-0.15, -0.1) is 0 Å². The van der Waals surface area contributed by atoms with Crippen molar-refractivity contribution >= 4 is 0 Å². The largest absolute Gasteiger partial charge is 0.316 e. The Bertz CT molecular complexity index is 206. The van der Waals surface area contributed by atoms with Gasteiger partial charge in [0.05, 0.1) is 0 Å². The second-order valence-electron chi connectivity index (χ2n) is 5.89. The second kappa shape index (κ2) is 8.89. The summed E-state index contributed by atoms with van der Waals surface area (Å²) in [6.45, 7) is 10.6. The molecule has 3 nitrogen and oxygen atoms in total. The van der Waals surface area contributed by atoms with Crippen molar-refractivity contribution in [3.63, 3.8) is 0 Å². The van der Waals surface area contributed by atoms with Crippen molar-refractivity contribution in [2.75, 3.05) is 46.8 Å². The van der Waals surface area contributed by atoms with Crippen LogP contribution in [-0.4, -0.2) is 62.7 Å². The molecule has 0 aliphatic heterocycles. The molecule has 1 aliphatic rings. The van der Waals surface area contributed by atoms with E-state index in [1.807, 2.05) is 0 Å². The smallest absolute Gasteiger partial charge is 0.0136 e. The summed E-state index contributed by atoms with van der Waals surface area (Å²) in [4.78, 5) is 4.99. The first-order valence-corrected chi connectivity index (χ1v) is 7.78. The zero-order valence-electron chi connectivity index (χ0n) is 12.9. The average molecular weight is 255 g/mol. The highest BCUT2D eigenvalue weighted by atomic mass is 15.2. The van der Waals surface area contributed by atoms with Crippen LogP contribution in [0.1, 0.15) is 39.5 Å². The van der Waals surface area contributed by atoms with Crippen LogP contribution in [0, 0.1) is 5.92 Å². The first kappa shape index (κ1) is 15.9. The van der Waals surface area contributed by atoms with Gasteiger partial charge in [-0.2, -0.15) is 0 Å². The predicted octanol–water partition coefficient (Wildman–Crippen LogP) is 2.04. The Morgan fingerprint density at radius 3 is 2.39 bits per heavy atom. The molecule has 1 rings (SSSR count). The Labute approximate surface area is 114 Å². The Morgan fingerprint density at radius 2 is 1.89 bits per heavy atom. The number of nitrogens with one attached hydrogen (secondary N) is 1. The lowest BCUT2D eigenvalue weighted by Gasteiger charge is -2.44. The molecule has 0 spiro atoms. The molecule has 0 radical (unpaired) electrons. The topological polar surface area (TPSA) is 18.5 Å². The maximum absolute atomic E-state index is 3.59. The molecule has 0 amide bonds. The molecule has 108 valence electrons. The van der Waals surface area contributed by atoms with E-state index in [2.05, 4.69) is 43.1 Å². The highest BCUT2D eigenvalue weighted by molar-refractivity contribution is 4.89. The van der Waals surface area contributed by atoms with Crippen molar-refractivity contribution in [1.29, 1.82) is 0 Å². The second-order valence-corrected chi connectivity index (χ2v) is 5.89. The molecule has 0 saturated heterocycles. The Hall–Kier alpha value is -0.120. The van der Waals surface area contributed by atoms with Gasteiger partial charge in [-0.25, -0.2) is 0 Å². The van der Waals surface area contributed by atoms with E-state index in [0.717, 1.165) is 12.0 Å². The summed E-state index contributed by atoms with van der Waals surface area (Å²) in [5.74, 6) is 0.899. The van der Waals surface area contributed by atoms with Crippen molar-refractivity contribution in [2.24, 2.45) is 5.92 Å². The number of nitrogens with zero attached hydrogens (tertiary/aromatic N) is 2. The molecule has 0 aromatic carbocycles. The monoisotopic (exact) mass is 255 g/mol.